The van der Waals surface area contributed by atoms with Crippen molar-refractivity contribution in [2.75, 3.05) is 32.1 Å². The molecule has 2 amide bonds. The SMILES string of the molecule is O=C(CCCl)N1CCN(C(=O)c2ccccc2C(F)(F)F)CC1. The van der Waals surface area contributed by atoms with Gasteiger partial charge in [0.25, 0.3) is 5.91 Å². The van der Waals surface area contributed by atoms with E-state index in [1.807, 2.05) is 0 Å². The van der Waals surface area contributed by atoms with Gasteiger partial charge in [-0.1, -0.05) is 12.1 Å². The molecule has 1 aliphatic rings. The fourth-order valence-electron chi connectivity index (χ4n) is 2.49. The maximum Gasteiger partial charge on any atom is 0.417 e. The lowest BCUT2D eigenvalue weighted by Crippen LogP contribution is -2.50. The first kappa shape index (κ1) is 17.6. The van der Waals surface area contributed by atoms with Crippen LogP contribution in [0, 0.1) is 0 Å². The van der Waals surface area contributed by atoms with Gasteiger partial charge in [0.05, 0.1) is 11.1 Å². The van der Waals surface area contributed by atoms with E-state index in [4.69, 9.17) is 11.6 Å². The van der Waals surface area contributed by atoms with Crippen LogP contribution in [-0.2, 0) is 11.0 Å². The van der Waals surface area contributed by atoms with E-state index in [2.05, 4.69) is 0 Å². The summed E-state index contributed by atoms with van der Waals surface area (Å²) in [7, 11) is 0. The largest absolute Gasteiger partial charge is 0.417 e. The Balaban J connectivity index is 2.08. The van der Waals surface area contributed by atoms with Gasteiger partial charge in [-0.25, -0.2) is 0 Å². The van der Waals surface area contributed by atoms with Crippen molar-refractivity contribution >= 4 is 23.4 Å². The first-order chi connectivity index (χ1) is 10.8. The van der Waals surface area contributed by atoms with Crippen LogP contribution in [0.3, 0.4) is 0 Å². The molecule has 1 aromatic rings. The third-order valence-electron chi connectivity index (χ3n) is 3.69. The van der Waals surface area contributed by atoms with Crippen molar-refractivity contribution in [1.29, 1.82) is 0 Å². The quantitative estimate of drug-likeness (QED) is 0.788. The van der Waals surface area contributed by atoms with Crippen molar-refractivity contribution < 1.29 is 22.8 Å². The molecule has 2 rings (SSSR count). The maximum absolute atomic E-state index is 13.0. The van der Waals surface area contributed by atoms with Gasteiger partial charge in [0.1, 0.15) is 0 Å². The Morgan fingerprint density at radius 2 is 1.61 bits per heavy atom. The van der Waals surface area contributed by atoms with E-state index < -0.39 is 17.6 Å². The average molecular weight is 349 g/mol. The number of alkyl halides is 4. The van der Waals surface area contributed by atoms with E-state index in [-0.39, 0.29) is 36.9 Å². The van der Waals surface area contributed by atoms with Crippen LogP contribution >= 0.6 is 11.6 Å². The summed E-state index contributed by atoms with van der Waals surface area (Å²) in [6.45, 7) is 1.02. The predicted octanol–water partition coefficient (Wildman–Crippen LogP) is 2.62. The highest BCUT2D eigenvalue weighted by Gasteiger charge is 2.36. The van der Waals surface area contributed by atoms with Crippen LogP contribution in [0.5, 0.6) is 0 Å². The molecule has 23 heavy (non-hydrogen) atoms. The number of halogens is 4. The Morgan fingerprint density at radius 1 is 1.04 bits per heavy atom. The molecule has 0 atom stereocenters. The zero-order chi connectivity index (χ0) is 17.0. The lowest BCUT2D eigenvalue weighted by Gasteiger charge is -2.35. The predicted molar refractivity (Wildman–Crippen MR) is 79.3 cm³/mol. The summed E-state index contributed by atoms with van der Waals surface area (Å²) in [5, 5.41) is 0. The Kier molecular flexibility index (Phi) is 5.51. The van der Waals surface area contributed by atoms with Crippen LogP contribution in [0.1, 0.15) is 22.3 Å². The van der Waals surface area contributed by atoms with Gasteiger partial charge in [-0.05, 0) is 12.1 Å². The summed E-state index contributed by atoms with van der Waals surface area (Å²) >= 11 is 5.52. The minimum absolute atomic E-state index is 0.109. The maximum atomic E-state index is 13.0. The third-order valence-corrected chi connectivity index (χ3v) is 3.88. The van der Waals surface area contributed by atoms with Gasteiger partial charge in [-0.2, -0.15) is 13.2 Å². The van der Waals surface area contributed by atoms with E-state index in [9.17, 15) is 22.8 Å². The van der Waals surface area contributed by atoms with Crippen LogP contribution in [-0.4, -0.2) is 53.7 Å². The van der Waals surface area contributed by atoms with Crippen LogP contribution in [0.2, 0.25) is 0 Å². The van der Waals surface area contributed by atoms with Crippen molar-refractivity contribution in [3.05, 3.63) is 35.4 Å². The summed E-state index contributed by atoms with van der Waals surface area (Å²) in [5.41, 5.74) is -1.30. The lowest BCUT2D eigenvalue weighted by atomic mass is 10.1. The van der Waals surface area contributed by atoms with Crippen molar-refractivity contribution in [3.8, 4) is 0 Å². The number of rotatable bonds is 3. The minimum atomic E-state index is -4.58. The molecule has 0 saturated carbocycles. The second-order valence-corrected chi connectivity index (χ2v) is 5.53. The normalized spacial score (nSPS) is 15.7. The minimum Gasteiger partial charge on any atom is -0.339 e. The molecular formula is C15H16ClF3N2O2. The molecule has 1 heterocycles. The zero-order valence-corrected chi connectivity index (χ0v) is 13.0. The monoisotopic (exact) mass is 348 g/mol. The smallest absolute Gasteiger partial charge is 0.339 e. The fourth-order valence-corrected chi connectivity index (χ4v) is 2.65. The number of hydrogen-bond acceptors (Lipinski definition) is 2. The molecule has 1 saturated heterocycles. The molecule has 0 bridgehead atoms. The molecule has 126 valence electrons. The van der Waals surface area contributed by atoms with Gasteiger partial charge >= 0.3 is 6.18 Å². The molecule has 1 aliphatic heterocycles. The van der Waals surface area contributed by atoms with E-state index >= 15 is 0 Å². The summed E-state index contributed by atoms with van der Waals surface area (Å²) < 4.78 is 39.0. The molecule has 1 fully saturated rings. The number of hydrogen-bond donors (Lipinski definition) is 0. The second kappa shape index (κ2) is 7.21. The first-order valence-corrected chi connectivity index (χ1v) is 7.67. The number of carbonyl (C=O) groups is 2. The van der Waals surface area contributed by atoms with E-state index in [0.29, 0.717) is 13.1 Å². The molecule has 0 radical (unpaired) electrons. The van der Waals surface area contributed by atoms with Gasteiger partial charge in [0.2, 0.25) is 5.91 Å². The molecule has 0 unspecified atom stereocenters. The molecule has 0 N–H and O–H groups in total. The van der Waals surface area contributed by atoms with E-state index in [0.717, 1.165) is 6.07 Å². The highest BCUT2D eigenvalue weighted by molar-refractivity contribution is 6.18. The Labute approximate surface area is 136 Å². The Bertz CT molecular complexity index is 584. The van der Waals surface area contributed by atoms with Crippen LogP contribution in [0.4, 0.5) is 13.2 Å². The Hall–Kier alpha value is -1.76. The van der Waals surface area contributed by atoms with Crippen molar-refractivity contribution in [1.82, 2.24) is 9.80 Å². The number of carbonyl (C=O) groups excluding carboxylic acids is 2. The molecule has 0 aliphatic carbocycles. The number of nitrogens with zero attached hydrogens (tertiary/aromatic N) is 2. The van der Waals surface area contributed by atoms with Gasteiger partial charge < -0.3 is 9.80 Å². The zero-order valence-electron chi connectivity index (χ0n) is 12.3. The summed E-state index contributed by atoms with van der Waals surface area (Å²) in [6.07, 6.45) is -4.36. The number of piperazine rings is 1. The lowest BCUT2D eigenvalue weighted by molar-refractivity contribution is -0.138. The van der Waals surface area contributed by atoms with Crippen LogP contribution < -0.4 is 0 Å². The molecule has 0 spiro atoms. The van der Waals surface area contributed by atoms with Crippen LogP contribution in [0.15, 0.2) is 24.3 Å². The fraction of sp³-hybridized carbons (Fsp3) is 0.467. The van der Waals surface area contributed by atoms with Crippen molar-refractivity contribution in [3.63, 3.8) is 0 Å². The topological polar surface area (TPSA) is 40.6 Å². The second-order valence-electron chi connectivity index (χ2n) is 5.16. The summed E-state index contributed by atoms with van der Waals surface area (Å²) in [4.78, 5) is 27.0. The Morgan fingerprint density at radius 3 is 2.17 bits per heavy atom. The van der Waals surface area contributed by atoms with Gasteiger partial charge in [0.15, 0.2) is 0 Å². The van der Waals surface area contributed by atoms with Crippen molar-refractivity contribution in [2.45, 2.75) is 12.6 Å². The van der Waals surface area contributed by atoms with Gasteiger partial charge in [0, 0.05) is 38.5 Å². The highest BCUT2D eigenvalue weighted by Crippen LogP contribution is 2.32. The van der Waals surface area contributed by atoms with Gasteiger partial charge in [-0.3, -0.25) is 9.59 Å². The highest BCUT2D eigenvalue weighted by atomic mass is 35.5. The summed E-state index contributed by atoms with van der Waals surface area (Å²) in [5.74, 6) is -0.554. The molecular weight excluding hydrogens is 333 g/mol. The van der Waals surface area contributed by atoms with E-state index in [1.165, 1.54) is 23.1 Å². The summed E-state index contributed by atoms with van der Waals surface area (Å²) in [6, 6.07) is 4.73. The average Bonchev–Trinajstić information content (AvgIpc) is 2.54. The number of benzene rings is 1. The standard InChI is InChI=1S/C15H16ClF3N2O2/c16-6-5-13(22)20-7-9-21(10-8-20)14(23)11-3-1-2-4-12(11)15(17,18)19/h1-4H,5-10H2. The first-order valence-electron chi connectivity index (χ1n) is 7.14. The molecule has 8 heteroatoms. The van der Waals surface area contributed by atoms with Gasteiger partial charge in [-0.15, -0.1) is 11.6 Å². The van der Waals surface area contributed by atoms with E-state index in [1.54, 1.807) is 4.90 Å². The molecule has 0 aromatic heterocycles. The van der Waals surface area contributed by atoms with Crippen LogP contribution in [0.25, 0.3) is 0 Å². The molecule has 4 nitrogen and oxygen atoms in total. The van der Waals surface area contributed by atoms with Crippen molar-refractivity contribution in [2.24, 2.45) is 0 Å². The molecule has 1 aromatic carbocycles. The number of amides is 2. The third kappa shape index (κ3) is 4.16.